The molecule has 0 spiro atoms. The van der Waals surface area contributed by atoms with Crippen molar-refractivity contribution in [1.82, 2.24) is 4.98 Å². The topological polar surface area (TPSA) is 77.2 Å². The van der Waals surface area contributed by atoms with E-state index in [1.165, 1.54) is 11.3 Å². The van der Waals surface area contributed by atoms with Crippen LogP contribution in [0.4, 0.5) is 10.8 Å². The molecule has 0 saturated carbocycles. The minimum absolute atomic E-state index is 0.0826. The number of hydrogen-bond acceptors (Lipinski definition) is 5. The lowest BCUT2D eigenvalue weighted by molar-refractivity contribution is -0.117. The first kappa shape index (κ1) is 14.7. The minimum Gasteiger partial charge on any atom is -0.399 e. The van der Waals surface area contributed by atoms with Gasteiger partial charge in [0, 0.05) is 12.3 Å². The summed E-state index contributed by atoms with van der Waals surface area (Å²) in [6, 6.07) is 5.50. The molecule has 6 heteroatoms. The molecule has 1 amide bonds. The highest BCUT2D eigenvalue weighted by atomic mass is 32.1. The first-order valence-electron chi connectivity index (χ1n) is 6.58. The summed E-state index contributed by atoms with van der Waals surface area (Å²) in [6.07, 6.45) is 0.338. The second kappa shape index (κ2) is 6.67. The Kier molecular flexibility index (Phi) is 4.92. The van der Waals surface area contributed by atoms with Crippen LogP contribution in [0, 0.1) is 5.92 Å². The summed E-state index contributed by atoms with van der Waals surface area (Å²) in [4.78, 5) is 16.1. The highest BCUT2D eigenvalue weighted by molar-refractivity contribution is 7.22. The Morgan fingerprint density at radius 3 is 3.05 bits per heavy atom. The van der Waals surface area contributed by atoms with Crippen molar-refractivity contribution in [3.05, 3.63) is 18.2 Å². The van der Waals surface area contributed by atoms with Crippen LogP contribution in [0.3, 0.4) is 0 Å². The molecule has 1 heterocycles. The fourth-order valence-corrected chi connectivity index (χ4v) is 2.59. The number of carbonyl (C=O) groups excluding carboxylic acids is 1. The summed E-state index contributed by atoms with van der Waals surface area (Å²) < 4.78 is 6.35. The van der Waals surface area contributed by atoms with Crippen molar-refractivity contribution in [1.29, 1.82) is 0 Å². The van der Waals surface area contributed by atoms with Gasteiger partial charge in [0.1, 0.15) is 0 Å². The van der Waals surface area contributed by atoms with E-state index >= 15 is 0 Å². The van der Waals surface area contributed by atoms with Gasteiger partial charge in [0.2, 0.25) is 5.91 Å². The molecule has 0 fully saturated rings. The number of fused-ring (bicyclic) bond motifs is 1. The van der Waals surface area contributed by atoms with Crippen LogP contribution in [0.5, 0.6) is 0 Å². The average molecular weight is 293 g/mol. The van der Waals surface area contributed by atoms with Crippen molar-refractivity contribution in [2.24, 2.45) is 5.92 Å². The van der Waals surface area contributed by atoms with Gasteiger partial charge in [0.25, 0.3) is 0 Å². The maximum absolute atomic E-state index is 11.8. The van der Waals surface area contributed by atoms with Crippen LogP contribution in [-0.2, 0) is 9.53 Å². The largest absolute Gasteiger partial charge is 0.399 e. The summed E-state index contributed by atoms with van der Waals surface area (Å²) in [6.45, 7) is 5.26. The van der Waals surface area contributed by atoms with Gasteiger partial charge in [-0.3, -0.25) is 4.79 Å². The van der Waals surface area contributed by atoms with E-state index in [9.17, 15) is 4.79 Å². The number of nitrogens with one attached hydrogen (secondary N) is 1. The van der Waals surface area contributed by atoms with Gasteiger partial charge in [-0.05, 0) is 24.1 Å². The molecule has 0 radical (unpaired) electrons. The number of ether oxygens (including phenoxy) is 1. The monoisotopic (exact) mass is 293 g/mol. The molecule has 0 aliphatic heterocycles. The molecule has 0 aliphatic carbocycles. The summed E-state index contributed by atoms with van der Waals surface area (Å²) in [7, 11) is 0. The molecule has 2 aromatic rings. The number of benzene rings is 1. The fourth-order valence-electron chi connectivity index (χ4n) is 1.66. The second-order valence-corrected chi connectivity index (χ2v) is 6.04. The highest BCUT2D eigenvalue weighted by Gasteiger charge is 2.08. The third kappa shape index (κ3) is 4.18. The number of hydrogen-bond donors (Lipinski definition) is 2. The molecule has 0 aliphatic rings. The molecule has 108 valence electrons. The molecule has 1 aromatic carbocycles. The van der Waals surface area contributed by atoms with Crippen LogP contribution >= 0.6 is 11.3 Å². The number of thiazole rings is 1. The lowest BCUT2D eigenvalue weighted by Gasteiger charge is -2.06. The Morgan fingerprint density at radius 2 is 2.30 bits per heavy atom. The van der Waals surface area contributed by atoms with Crippen LogP contribution in [0.1, 0.15) is 20.3 Å². The average Bonchev–Trinajstić information content (AvgIpc) is 2.75. The van der Waals surface area contributed by atoms with Crippen molar-refractivity contribution < 1.29 is 9.53 Å². The van der Waals surface area contributed by atoms with E-state index in [2.05, 4.69) is 24.1 Å². The number of aromatic nitrogens is 1. The molecule has 1 aromatic heterocycles. The number of nitrogens with two attached hydrogens (primary N) is 1. The smallest absolute Gasteiger partial charge is 0.228 e. The standard InChI is InChI=1S/C14H19N3O2S/c1-9(2)8-19-6-5-13(18)17-14-16-11-4-3-10(15)7-12(11)20-14/h3-4,7,9H,5-6,8,15H2,1-2H3,(H,16,17,18). The number of amides is 1. The molecular weight excluding hydrogens is 274 g/mol. The predicted octanol–water partition coefficient (Wildman–Crippen LogP) is 2.88. The van der Waals surface area contributed by atoms with E-state index < -0.39 is 0 Å². The third-order valence-electron chi connectivity index (χ3n) is 2.58. The third-order valence-corrected chi connectivity index (χ3v) is 3.52. The van der Waals surface area contributed by atoms with Crippen LogP contribution in [0.25, 0.3) is 10.2 Å². The Balaban J connectivity index is 1.86. The number of carbonyl (C=O) groups is 1. The van der Waals surface area contributed by atoms with E-state index in [1.807, 2.05) is 12.1 Å². The summed E-state index contributed by atoms with van der Waals surface area (Å²) in [5, 5.41) is 3.38. The van der Waals surface area contributed by atoms with Crippen molar-refractivity contribution in [3.63, 3.8) is 0 Å². The molecule has 0 atom stereocenters. The number of nitrogen functional groups attached to an aromatic ring is 1. The fraction of sp³-hybridized carbons (Fsp3) is 0.429. The zero-order valence-corrected chi connectivity index (χ0v) is 12.5. The maximum atomic E-state index is 11.8. The van der Waals surface area contributed by atoms with Gasteiger partial charge in [-0.25, -0.2) is 4.98 Å². The molecule has 0 saturated heterocycles. The van der Waals surface area contributed by atoms with Crippen molar-refractivity contribution >= 4 is 38.3 Å². The van der Waals surface area contributed by atoms with E-state index in [0.29, 0.717) is 36.4 Å². The zero-order valence-electron chi connectivity index (χ0n) is 11.7. The van der Waals surface area contributed by atoms with E-state index in [0.717, 1.165) is 10.2 Å². The lowest BCUT2D eigenvalue weighted by atomic mass is 10.2. The van der Waals surface area contributed by atoms with Crippen molar-refractivity contribution in [2.45, 2.75) is 20.3 Å². The van der Waals surface area contributed by atoms with Gasteiger partial charge < -0.3 is 15.8 Å². The van der Waals surface area contributed by atoms with E-state index in [4.69, 9.17) is 10.5 Å². The first-order valence-corrected chi connectivity index (χ1v) is 7.40. The summed E-state index contributed by atoms with van der Waals surface area (Å²) >= 11 is 1.42. The van der Waals surface area contributed by atoms with Crippen LogP contribution in [0.2, 0.25) is 0 Å². The lowest BCUT2D eigenvalue weighted by Crippen LogP contribution is -2.15. The van der Waals surface area contributed by atoms with E-state index in [-0.39, 0.29) is 5.91 Å². The van der Waals surface area contributed by atoms with Crippen LogP contribution < -0.4 is 11.1 Å². The van der Waals surface area contributed by atoms with Crippen molar-refractivity contribution in [2.75, 3.05) is 24.3 Å². The quantitative estimate of drug-likeness (QED) is 0.634. The van der Waals surface area contributed by atoms with Gasteiger partial charge in [0.15, 0.2) is 5.13 Å². The van der Waals surface area contributed by atoms with Gasteiger partial charge in [-0.2, -0.15) is 0 Å². The number of anilines is 2. The summed E-state index contributed by atoms with van der Waals surface area (Å²) in [5.41, 5.74) is 7.25. The molecular formula is C14H19N3O2S. The zero-order chi connectivity index (χ0) is 14.5. The van der Waals surface area contributed by atoms with Crippen LogP contribution in [0.15, 0.2) is 18.2 Å². The van der Waals surface area contributed by atoms with Gasteiger partial charge in [-0.1, -0.05) is 25.2 Å². The first-order chi connectivity index (χ1) is 9.54. The highest BCUT2D eigenvalue weighted by Crippen LogP contribution is 2.27. The SMILES string of the molecule is CC(C)COCCC(=O)Nc1nc2ccc(N)cc2s1. The second-order valence-electron chi connectivity index (χ2n) is 5.01. The number of rotatable bonds is 6. The Hall–Kier alpha value is -1.66. The normalized spacial score (nSPS) is 11.2. The molecule has 0 unspecified atom stereocenters. The van der Waals surface area contributed by atoms with Gasteiger partial charge >= 0.3 is 0 Å². The Labute approximate surface area is 122 Å². The Bertz CT molecular complexity index is 595. The molecule has 20 heavy (non-hydrogen) atoms. The molecule has 3 N–H and O–H groups in total. The Morgan fingerprint density at radius 1 is 1.50 bits per heavy atom. The molecule has 5 nitrogen and oxygen atoms in total. The minimum atomic E-state index is -0.0826. The van der Waals surface area contributed by atoms with Gasteiger partial charge in [0.05, 0.1) is 23.2 Å². The molecule has 0 bridgehead atoms. The summed E-state index contributed by atoms with van der Waals surface area (Å²) in [5.74, 6) is 0.397. The van der Waals surface area contributed by atoms with Crippen molar-refractivity contribution in [3.8, 4) is 0 Å². The maximum Gasteiger partial charge on any atom is 0.228 e. The van der Waals surface area contributed by atoms with Crippen LogP contribution in [-0.4, -0.2) is 24.1 Å². The predicted molar refractivity (Wildman–Crippen MR) is 82.9 cm³/mol. The number of nitrogens with zero attached hydrogens (tertiary/aromatic N) is 1. The molecule has 2 rings (SSSR count). The van der Waals surface area contributed by atoms with E-state index in [1.54, 1.807) is 6.07 Å². The van der Waals surface area contributed by atoms with Gasteiger partial charge in [-0.15, -0.1) is 0 Å².